The molecule has 0 radical (unpaired) electrons. The van der Waals surface area contributed by atoms with E-state index in [1.54, 1.807) is 18.5 Å². The van der Waals surface area contributed by atoms with E-state index in [2.05, 4.69) is 15.3 Å². The highest BCUT2D eigenvalue weighted by Crippen LogP contribution is 2.11. The zero-order valence-corrected chi connectivity index (χ0v) is 12.7. The van der Waals surface area contributed by atoms with Crippen LogP contribution in [0.25, 0.3) is 11.0 Å². The maximum Gasteiger partial charge on any atom is 0.220 e. The average Bonchev–Trinajstić information content (AvgIpc) is 3.02. The van der Waals surface area contributed by atoms with Gasteiger partial charge in [0.05, 0.1) is 17.4 Å². The molecule has 1 aromatic heterocycles. The fourth-order valence-electron chi connectivity index (χ4n) is 2.48. The molecule has 0 fully saturated rings. The molecule has 3 aromatic rings. The zero-order valence-electron chi connectivity index (χ0n) is 12.7. The number of aromatic nitrogens is 2. The summed E-state index contributed by atoms with van der Waals surface area (Å²) in [5.41, 5.74) is 4.06. The van der Waals surface area contributed by atoms with Crippen molar-refractivity contribution in [1.82, 2.24) is 15.3 Å². The molecule has 2 aromatic carbocycles. The second-order valence-electron chi connectivity index (χ2n) is 5.48. The maximum absolute atomic E-state index is 12.8. The van der Waals surface area contributed by atoms with Gasteiger partial charge in [-0.05, 0) is 48.2 Å². The third kappa shape index (κ3) is 4.16. The van der Waals surface area contributed by atoms with E-state index in [0.29, 0.717) is 19.4 Å². The predicted molar refractivity (Wildman–Crippen MR) is 87.5 cm³/mol. The summed E-state index contributed by atoms with van der Waals surface area (Å²) in [4.78, 5) is 19.1. The van der Waals surface area contributed by atoms with Crippen molar-refractivity contribution >= 4 is 16.9 Å². The highest BCUT2D eigenvalue weighted by Gasteiger charge is 2.03. The second-order valence-corrected chi connectivity index (χ2v) is 5.48. The fourth-order valence-corrected chi connectivity index (χ4v) is 2.48. The van der Waals surface area contributed by atoms with E-state index >= 15 is 0 Å². The van der Waals surface area contributed by atoms with Crippen LogP contribution in [-0.2, 0) is 17.6 Å². The first-order valence-corrected chi connectivity index (χ1v) is 7.64. The highest BCUT2D eigenvalue weighted by molar-refractivity contribution is 5.76. The van der Waals surface area contributed by atoms with Crippen molar-refractivity contribution in [3.05, 3.63) is 65.7 Å². The number of carbonyl (C=O) groups is 1. The smallest absolute Gasteiger partial charge is 0.220 e. The van der Waals surface area contributed by atoms with Gasteiger partial charge in [0.25, 0.3) is 0 Å². The molecule has 3 rings (SSSR count). The minimum atomic E-state index is -0.257. The van der Waals surface area contributed by atoms with Gasteiger partial charge >= 0.3 is 0 Å². The number of fused-ring (bicyclic) bond motifs is 1. The SMILES string of the molecule is O=C(CCc1ccc(F)cc1)NCCc1ccc2nc[nH]c2c1. The third-order valence-electron chi connectivity index (χ3n) is 3.77. The molecule has 0 aliphatic carbocycles. The summed E-state index contributed by atoms with van der Waals surface area (Å²) in [5.74, 6) is -0.246. The molecule has 0 bridgehead atoms. The second kappa shape index (κ2) is 7.05. The van der Waals surface area contributed by atoms with Gasteiger partial charge in [-0.1, -0.05) is 18.2 Å². The molecule has 1 amide bonds. The average molecular weight is 311 g/mol. The van der Waals surface area contributed by atoms with Gasteiger partial charge in [0.1, 0.15) is 5.82 Å². The first kappa shape index (κ1) is 15.2. The summed E-state index contributed by atoms with van der Waals surface area (Å²) < 4.78 is 12.8. The number of aryl methyl sites for hydroxylation is 1. The molecule has 2 N–H and O–H groups in total. The Hall–Kier alpha value is -2.69. The lowest BCUT2D eigenvalue weighted by Gasteiger charge is -2.06. The lowest BCUT2D eigenvalue weighted by atomic mass is 10.1. The number of hydrogen-bond acceptors (Lipinski definition) is 2. The number of amides is 1. The van der Waals surface area contributed by atoms with Crippen LogP contribution >= 0.6 is 0 Å². The molecule has 4 nitrogen and oxygen atoms in total. The highest BCUT2D eigenvalue weighted by atomic mass is 19.1. The van der Waals surface area contributed by atoms with Crippen LogP contribution in [-0.4, -0.2) is 22.4 Å². The number of rotatable bonds is 6. The number of halogens is 1. The molecule has 0 spiro atoms. The molecule has 23 heavy (non-hydrogen) atoms. The van der Waals surface area contributed by atoms with Crippen molar-refractivity contribution in [2.75, 3.05) is 6.54 Å². The number of aromatic amines is 1. The zero-order chi connectivity index (χ0) is 16.1. The molecular weight excluding hydrogens is 293 g/mol. The molecule has 5 heteroatoms. The Labute approximate surface area is 133 Å². The summed E-state index contributed by atoms with van der Waals surface area (Å²) in [5, 5.41) is 2.92. The standard InChI is InChI=1S/C18H18FN3O/c19-15-5-1-13(2-6-15)4-8-18(23)20-10-9-14-3-7-16-17(11-14)22-12-21-16/h1-3,5-7,11-12H,4,8-10H2,(H,20,23)(H,21,22). The van der Waals surface area contributed by atoms with E-state index in [1.165, 1.54) is 12.1 Å². The molecule has 118 valence electrons. The third-order valence-corrected chi connectivity index (χ3v) is 3.77. The molecule has 0 aliphatic rings. The first-order valence-electron chi connectivity index (χ1n) is 7.64. The van der Waals surface area contributed by atoms with Gasteiger partial charge < -0.3 is 10.3 Å². The number of nitrogens with zero attached hydrogens (tertiary/aromatic N) is 1. The Morgan fingerprint density at radius 3 is 2.70 bits per heavy atom. The number of H-pyrrole nitrogens is 1. The fraction of sp³-hybridized carbons (Fsp3) is 0.222. The Bertz CT molecular complexity index is 795. The van der Waals surface area contributed by atoms with E-state index in [9.17, 15) is 9.18 Å². The summed E-state index contributed by atoms with van der Waals surface area (Å²) in [6, 6.07) is 12.3. The number of nitrogens with one attached hydrogen (secondary N) is 2. The Morgan fingerprint density at radius 1 is 1.09 bits per heavy atom. The summed E-state index contributed by atoms with van der Waals surface area (Å²) >= 11 is 0. The molecule has 0 atom stereocenters. The van der Waals surface area contributed by atoms with Gasteiger partial charge in [-0.15, -0.1) is 0 Å². The van der Waals surface area contributed by atoms with E-state index in [1.807, 2.05) is 18.2 Å². The molecule has 0 saturated carbocycles. The Morgan fingerprint density at radius 2 is 1.87 bits per heavy atom. The Balaban J connectivity index is 1.42. The maximum atomic E-state index is 12.8. The van der Waals surface area contributed by atoms with Gasteiger partial charge in [0, 0.05) is 13.0 Å². The van der Waals surface area contributed by atoms with Crippen LogP contribution in [0.5, 0.6) is 0 Å². The van der Waals surface area contributed by atoms with Crippen molar-refractivity contribution in [2.45, 2.75) is 19.3 Å². The van der Waals surface area contributed by atoms with Crippen molar-refractivity contribution in [3.63, 3.8) is 0 Å². The molecule has 0 saturated heterocycles. The molecule has 0 aliphatic heterocycles. The topological polar surface area (TPSA) is 57.8 Å². The molecular formula is C18H18FN3O. The van der Waals surface area contributed by atoms with E-state index in [0.717, 1.165) is 28.6 Å². The van der Waals surface area contributed by atoms with Crippen LogP contribution in [0.1, 0.15) is 17.5 Å². The molecule has 0 unspecified atom stereocenters. The minimum Gasteiger partial charge on any atom is -0.356 e. The number of hydrogen-bond donors (Lipinski definition) is 2. The lowest BCUT2D eigenvalue weighted by Crippen LogP contribution is -2.25. The summed E-state index contributed by atoms with van der Waals surface area (Å²) in [6.07, 6.45) is 3.47. The van der Waals surface area contributed by atoms with E-state index < -0.39 is 0 Å². The monoisotopic (exact) mass is 311 g/mol. The van der Waals surface area contributed by atoms with Crippen LogP contribution in [0.15, 0.2) is 48.8 Å². The van der Waals surface area contributed by atoms with E-state index in [4.69, 9.17) is 0 Å². The summed E-state index contributed by atoms with van der Waals surface area (Å²) in [7, 11) is 0. The van der Waals surface area contributed by atoms with Crippen LogP contribution in [0.4, 0.5) is 4.39 Å². The van der Waals surface area contributed by atoms with Crippen molar-refractivity contribution in [2.24, 2.45) is 0 Å². The minimum absolute atomic E-state index is 0.0111. The van der Waals surface area contributed by atoms with Crippen molar-refractivity contribution < 1.29 is 9.18 Å². The number of benzene rings is 2. The van der Waals surface area contributed by atoms with Gasteiger partial charge in [0.2, 0.25) is 5.91 Å². The van der Waals surface area contributed by atoms with Gasteiger partial charge in [-0.2, -0.15) is 0 Å². The first-order chi connectivity index (χ1) is 11.2. The van der Waals surface area contributed by atoms with Crippen LogP contribution < -0.4 is 5.32 Å². The lowest BCUT2D eigenvalue weighted by molar-refractivity contribution is -0.121. The van der Waals surface area contributed by atoms with Crippen molar-refractivity contribution in [1.29, 1.82) is 0 Å². The molecule has 1 heterocycles. The summed E-state index contributed by atoms with van der Waals surface area (Å²) in [6.45, 7) is 0.599. The Kier molecular flexibility index (Phi) is 4.66. The van der Waals surface area contributed by atoms with Crippen LogP contribution in [0.3, 0.4) is 0 Å². The van der Waals surface area contributed by atoms with Crippen molar-refractivity contribution in [3.8, 4) is 0 Å². The number of imidazole rings is 1. The predicted octanol–water partition coefficient (Wildman–Crippen LogP) is 2.99. The van der Waals surface area contributed by atoms with Gasteiger partial charge in [-0.25, -0.2) is 9.37 Å². The number of carbonyl (C=O) groups excluding carboxylic acids is 1. The van der Waals surface area contributed by atoms with Gasteiger partial charge in [-0.3, -0.25) is 4.79 Å². The van der Waals surface area contributed by atoms with Crippen LogP contribution in [0, 0.1) is 5.82 Å². The van der Waals surface area contributed by atoms with Gasteiger partial charge in [0.15, 0.2) is 0 Å². The quantitative estimate of drug-likeness (QED) is 0.735. The van der Waals surface area contributed by atoms with E-state index in [-0.39, 0.29) is 11.7 Å². The largest absolute Gasteiger partial charge is 0.356 e. The van der Waals surface area contributed by atoms with Crippen LogP contribution in [0.2, 0.25) is 0 Å². The normalized spacial score (nSPS) is 10.8.